The fraction of sp³-hybridized carbons (Fsp3) is 0.562. The number of benzene rings is 1. The molecule has 1 aliphatic rings. The minimum atomic E-state index is -1.10. The van der Waals surface area contributed by atoms with Gasteiger partial charge in [0, 0.05) is 5.56 Å². The zero-order valence-electron chi connectivity index (χ0n) is 11.3. The number of rotatable bonds is 4. The topological polar surface area (TPSA) is 37.3 Å². The smallest absolute Gasteiger partial charge is 0.194 e. The summed E-state index contributed by atoms with van der Waals surface area (Å²) in [6, 6.07) is 7.74. The van der Waals surface area contributed by atoms with E-state index < -0.39 is 5.60 Å². The van der Waals surface area contributed by atoms with Crippen LogP contribution in [0.25, 0.3) is 0 Å². The first kappa shape index (κ1) is 13.3. The van der Waals surface area contributed by atoms with Crippen molar-refractivity contribution in [3.05, 3.63) is 35.4 Å². The molecule has 98 valence electrons. The maximum Gasteiger partial charge on any atom is 0.194 e. The van der Waals surface area contributed by atoms with Gasteiger partial charge < -0.3 is 5.11 Å². The fourth-order valence-corrected chi connectivity index (χ4v) is 2.77. The Hall–Kier alpha value is -1.15. The fourth-order valence-electron chi connectivity index (χ4n) is 2.77. The van der Waals surface area contributed by atoms with E-state index in [0.717, 1.165) is 19.3 Å². The molecule has 0 unspecified atom stereocenters. The van der Waals surface area contributed by atoms with Crippen LogP contribution in [0, 0.1) is 5.92 Å². The summed E-state index contributed by atoms with van der Waals surface area (Å²) in [5.41, 5.74) is 0.742. The molecule has 1 aromatic rings. The third kappa shape index (κ3) is 2.81. The summed E-state index contributed by atoms with van der Waals surface area (Å²) in [7, 11) is 0. The predicted octanol–water partition coefficient (Wildman–Crippen LogP) is 3.37. The Bertz CT molecular complexity index is 428. The minimum Gasteiger partial charge on any atom is -0.382 e. The average Bonchev–Trinajstić information content (AvgIpc) is 2.76. The van der Waals surface area contributed by atoms with E-state index in [1.807, 2.05) is 18.2 Å². The Morgan fingerprint density at radius 1 is 1.33 bits per heavy atom. The Morgan fingerprint density at radius 2 is 2.00 bits per heavy atom. The van der Waals surface area contributed by atoms with Crippen molar-refractivity contribution in [1.82, 2.24) is 0 Å². The number of aliphatic hydroxyl groups is 1. The van der Waals surface area contributed by atoms with E-state index >= 15 is 0 Å². The second-order valence-electron chi connectivity index (χ2n) is 5.87. The number of hydrogen-bond donors (Lipinski definition) is 1. The Kier molecular flexibility index (Phi) is 3.86. The first-order chi connectivity index (χ1) is 8.51. The van der Waals surface area contributed by atoms with Gasteiger partial charge in [-0.25, -0.2) is 0 Å². The van der Waals surface area contributed by atoms with E-state index in [1.165, 1.54) is 5.56 Å². The molecule has 0 saturated heterocycles. The molecule has 0 aliphatic heterocycles. The lowest BCUT2D eigenvalue weighted by Gasteiger charge is -2.20. The van der Waals surface area contributed by atoms with Crippen LogP contribution < -0.4 is 0 Å². The van der Waals surface area contributed by atoms with Crippen LogP contribution in [0.2, 0.25) is 0 Å². The Labute approximate surface area is 109 Å². The number of Topliss-reactive ketones (excluding diaryl/α,β-unsaturated/α-hetero) is 1. The highest BCUT2D eigenvalue weighted by Gasteiger charge is 2.39. The second-order valence-corrected chi connectivity index (χ2v) is 5.87. The molecule has 2 heteroatoms. The normalized spacial score (nSPS) is 18.2. The molecule has 0 aromatic heterocycles. The number of carbonyl (C=O) groups is 1. The average molecular weight is 246 g/mol. The molecule has 0 amide bonds. The van der Waals surface area contributed by atoms with Crippen molar-refractivity contribution in [3.8, 4) is 0 Å². The van der Waals surface area contributed by atoms with Gasteiger partial charge in [-0.1, -0.05) is 32.0 Å². The minimum absolute atomic E-state index is 0.0920. The summed E-state index contributed by atoms with van der Waals surface area (Å²) >= 11 is 0. The standard InChI is InChI=1S/C16H22O2/c1-12(2)10-13-6-5-7-14(11-13)15(17)16(18)8-3-4-9-16/h5-7,11-12,18H,3-4,8-10H2,1-2H3. The summed E-state index contributed by atoms with van der Waals surface area (Å²) in [5, 5.41) is 10.3. The van der Waals surface area contributed by atoms with Gasteiger partial charge in [0.15, 0.2) is 5.78 Å². The van der Waals surface area contributed by atoms with Gasteiger partial charge in [0.05, 0.1) is 0 Å². The van der Waals surface area contributed by atoms with Gasteiger partial charge in [-0.2, -0.15) is 0 Å². The van der Waals surface area contributed by atoms with Crippen LogP contribution in [0.1, 0.15) is 55.5 Å². The molecule has 1 fully saturated rings. The maximum absolute atomic E-state index is 12.4. The monoisotopic (exact) mass is 246 g/mol. The number of ketones is 1. The van der Waals surface area contributed by atoms with Crippen LogP contribution in [0.4, 0.5) is 0 Å². The van der Waals surface area contributed by atoms with Gasteiger partial charge in [-0.15, -0.1) is 0 Å². The molecule has 1 N–H and O–H groups in total. The first-order valence-electron chi connectivity index (χ1n) is 6.87. The van der Waals surface area contributed by atoms with Crippen LogP contribution in [0.15, 0.2) is 24.3 Å². The van der Waals surface area contributed by atoms with Gasteiger partial charge in [0.2, 0.25) is 0 Å². The van der Waals surface area contributed by atoms with Crippen LogP contribution in [0.3, 0.4) is 0 Å². The van der Waals surface area contributed by atoms with Crippen molar-refractivity contribution in [1.29, 1.82) is 0 Å². The largest absolute Gasteiger partial charge is 0.382 e. The van der Waals surface area contributed by atoms with Crippen molar-refractivity contribution >= 4 is 5.78 Å². The summed E-state index contributed by atoms with van der Waals surface area (Å²) in [5.74, 6) is 0.482. The van der Waals surface area contributed by atoms with E-state index in [-0.39, 0.29) is 5.78 Å². The molecule has 1 aromatic carbocycles. The zero-order chi connectivity index (χ0) is 13.2. The maximum atomic E-state index is 12.4. The zero-order valence-corrected chi connectivity index (χ0v) is 11.3. The Balaban J connectivity index is 2.20. The van der Waals surface area contributed by atoms with Crippen molar-refractivity contribution in [2.75, 3.05) is 0 Å². The van der Waals surface area contributed by atoms with Gasteiger partial charge in [0.1, 0.15) is 5.60 Å². The van der Waals surface area contributed by atoms with Gasteiger partial charge in [-0.05, 0) is 49.7 Å². The van der Waals surface area contributed by atoms with E-state index in [2.05, 4.69) is 19.9 Å². The molecule has 0 spiro atoms. The number of hydrogen-bond acceptors (Lipinski definition) is 2. The third-order valence-electron chi connectivity index (χ3n) is 3.69. The van der Waals surface area contributed by atoms with Crippen molar-refractivity contribution in [2.45, 2.75) is 51.6 Å². The molecular formula is C16H22O2. The van der Waals surface area contributed by atoms with Crippen molar-refractivity contribution in [3.63, 3.8) is 0 Å². The number of carbonyl (C=O) groups excluding carboxylic acids is 1. The summed E-state index contributed by atoms with van der Waals surface area (Å²) < 4.78 is 0. The molecule has 2 nitrogen and oxygen atoms in total. The molecule has 0 bridgehead atoms. The third-order valence-corrected chi connectivity index (χ3v) is 3.69. The molecular weight excluding hydrogens is 224 g/mol. The van der Waals surface area contributed by atoms with Crippen LogP contribution >= 0.6 is 0 Å². The van der Waals surface area contributed by atoms with Crippen molar-refractivity contribution < 1.29 is 9.90 Å². The summed E-state index contributed by atoms with van der Waals surface area (Å²) in [6.45, 7) is 4.33. The first-order valence-corrected chi connectivity index (χ1v) is 6.87. The summed E-state index contributed by atoms with van der Waals surface area (Å²) in [6.07, 6.45) is 4.10. The second kappa shape index (κ2) is 5.23. The molecule has 0 heterocycles. The van der Waals surface area contributed by atoms with Gasteiger partial charge >= 0.3 is 0 Å². The van der Waals surface area contributed by atoms with Gasteiger partial charge in [0.25, 0.3) is 0 Å². The van der Waals surface area contributed by atoms with E-state index in [4.69, 9.17) is 0 Å². The SMILES string of the molecule is CC(C)Cc1cccc(C(=O)C2(O)CCCC2)c1. The van der Waals surface area contributed by atoms with Gasteiger partial charge in [-0.3, -0.25) is 4.79 Å². The Morgan fingerprint density at radius 3 is 2.61 bits per heavy atom. The van der Waals surface area contributed by atoms with E-state index in [0.29, 0.717) is 24.3 Å². The van der Waals surface area contributed by atoms with Crippen LogP contribution in [-0.4, -0.2) is 16.5 Å². The lowest BCUT2D eigenvalue weighted by molar-refractivity contribution is 0.0353. The lowest BCUT2D eigenvalue weighted by atomic mass is 9.90. The lowest BCUT2D eigenvalue weighted by Crippen LogP contribution is -2.35. The molecule has 1 saturated carbocycles. The highest BCUT2D eigenvalue weighted by atomic mass is 16.3. The van der Waals surface area contributed by atoms with Crippen molar-refractivity contribution in [2.24, 2.45) is 5.92 Å². The molecule has 2 rings (SSSR count). The van der Waals surface area contributed by atoms with E-state index in [9.17, 15) is 9.90 Å². The summed E-state index contributed by atoms with van der Waals surface area (Å²) in [4.78, 5) is 12.4. The molecule has 0 radical (unpaired) electrons. The highest BCUT2D eigenvalue weighted by molar-refractivity contribution is 6.02. The van der Waals surface area contributed by atoms with Crippen LogP contribution in [-0.2, 0) is 6.42 Å². The predicted molar refractivity (Wildman–Crippen MR) is 72.7 cm³/mol. The quantitative estimate of drug-likeness (QED) is 0.827. The molecule has 0 atom stereocenters. The van der Waals surface area contributed by atoms with Crippen LogP contribution in [0.5, 0.6) is 0 Å². The molecule has 1 aliphatic carbocycles. The highest BCUT2D eigenvalue weighted by Crippen LogP contribution is 2.32. The molecule has 18 heavy (non-hydrogen) atoms. The van der Waals surface area contributed by atoms with E-state index in [1.54, 1.807) is 0 Å².